The van der Waals surface area contributed by atoms with Crippen molar-refractivity contribution in [2.45, 2.75) is 66.4 Å². The molecule has 1 fully saturated rings. The van der Waals surface area contributed by atoms with Crippen molar-refractivity contribution in [3.05, 3.63) is 34.4 Å². The largest absolute Gasteiger partial charge is 0.508 e. The van der Waals surface area contributed by atoms with E-state index < -0.39 is 6.10 Å². The molecule has 0 amide bonds. The van der Waals surface area contributed by atoms with E-state index >= 15 is 0 Å². The number of phenolic OH excluding ortho intramolecular Hbond substituents is 2. The fourth-order valence-electron chi connectivity index (χ4n) is 4.24. The molecular formula is C23H32O5. The Hall–Kier alpha value is -2.14. The Bertz CT molecular complexity index is 795. The van der Waals surface area contributed by atoms with Crippen molar-refractivity contribution in [2.75, 3.05) is 0 Å². The van der Waals surface area contributed by atoms with Crippen LogP contribution in [0.5, 0.6) is 11.5 Å². The van der Waals surface area contributed by atoms with Crippen LogP contribution in [0.3, 0.4) is 0 Å². The van der Waals surface area contributed by atoms with E-state index in [2.05, 4.69) is 13.8 Å². The van der Waals surface area contributed by atoms with E-state index in [9.17, 15) is 24.9 Å². The van der Waals surface area contributed by atoms with Gasteiger partial charge in [0, 0.05) is 17.9 Å². The zero-order valence-corrected chi connectivity index (χ0v) is 17.5. The number of carbonyl (C=O) groups excluding carboxylic acids is 2. The lowest BCUT2D eigenvalue weighted by Crippen LogP contribution is -2.43. The Labute approximate surface area is 167 Å². The first-order valence-electron chi connectivity index (χ1n) is 9.89. The maximum atomic E-state index is 12.2. The molecule has 1 aromatic carbocycles. The average molecular weight is 389 g/mol. The van der Waals surface area contributed by atoms with E-state index in [1.165, 1.54) is 6.07 Å². The van der Waals surface area contributed by atoms with Gasteiger partial charge in [0.1, 0.15) is 17.3 Å². The first-order chi connectivity index (χ1) is 13.0. The molecule has 2 rings (SSSR count). The summed E-state index contributed by atoms with van der Waals surface area (Å²) in [5.74, 6) is 0.191. The lowest BCUT2D eigenvalue weighted by atomic mass is 9.59. The van der Waals surface area contributed by atoms with Crippen molar-refractivity contribution in [3.63, 3.8) is 0 Å². The molecule has 0 heterocycles. The summed E-state index contributed by atoms with van der Waals surface area (Å²) in [6.07, 6.45) is 3.73. The standard InChI is InChI=1S/C23H32O5/c1-13(6-8-17-20(26)10-14(2)18(12-24)22(17)28)21(27)11-23(5)15(3)7-9-19(25)16(23)4/h6,10,12,15-16,21,26-28H,7-9,11H2,1-5H3/t15-,16-,21+,23+/m0/s1. The predicted molar refractivity (Wildman–Crippen MR) is 109 cm³/mol. The van der Waals surface area contributed by atoms with Crippen molar-refractivity contribution < 1.29 is 24.9 Å². The quantitative estimate of drug-likeness (QED) is 0.504. The number of hydrogen-bond donors (Lipinski definition) is 3. The van der Waals surface area contributed by atoms with E-state index in [-0.39, 0.29) is 46.2 Å². The minimum Gasteiger partial charge on any atom is -0.508 e. The molecule has 1 aliphatic carbocycles. The number of allylic oxidation sites excluding steroid dienone is 1. The topological polar surface area (TPSA) is 94.8 Å². The summed E-state index contributed by atoms with van der Waals surface area (Å²) in [6, 6.07) is 1.45. The molecule has 0 radical (unpaired) electrons. The number of aliphatic hydroxyl groups is 1. The third-order valence-corrected chi connectivity index (χ3v) is 6.95. The molecule has 0 spiro atoms. The summed E-state index contributed by atoms with van der Waals surface area (Å²) >= 11 is 0. The van der Waals surface area contributed by atoms with Gasteiger partial charge in [-0.3, -0.25) is 9.59 Å². The van der Waals surface area contributed by atoms with Gasteiger partial charge in [-0.25, -0.2) is 0 Å². The van der Waals surface area contributed by atoms with Crippen LogP contribution in [0, 0.1) is 24.2 Å². The van der Waals surface area contributed by atoms with Crippen molar-refractivity contribution in [3.8, 4) is 11.5 Å². The highest BCUT2D eigenvalue weighted by Crippen LogP contribution is 2.47. The number of aryl methyl sites for hydroxylation is 1. The SMILES string of the molecule is CC(=CCc1c(O)cc(C)c(C=O)c1O)[C@H](O)C[C@]1(C)[C@@H](C)CCC(=O)[C@@H]1C. The smallest absolute Gasteiger partial charge is 0.154 e. The summed E-state index contributed by atoms with van der Waals surface area (Å²) in [5.41, 5.74) is 1.37. The molecule has 5 nitrogen and oxygen atoms in total. The molecular weight excluding hydrogens is 356 g/mol. The number of Topliss-reactive ketones (excluding diaryl/α,β-unsaturated/α-hetero) is 1. The van der Waals surface area contributed by atoms with E-state index in [1.807, 2.05) is 6.92 Å². The number of carbonyl (C=O) groups is 2. The van der Waals surface area contributed by atoms with Crippen LogP contribution in [0.25, 0.3) is 0 Å². The van der Waals surface area contributed by atoms with Crippen LogP contribution < -0.4 is 0 Å². The van der Waals surface area contributed by atoms with Gasteiger partial charge < -0.3 is 15.3 Å². The molecule has 0 aromatic heterocycles. The maximum Gasteiger partial charge on any atom is 0.154 e. The van der Waals surface area contributed by atoms with Crippen molar-refractivity contribution in [1.29, 1.82) is 0 Å². The lowest BCUT2D eigenvalue weighted by Gasteiger charge is -2.45. The zero-order valence-electron chi connectivity index (χ0n) is 17.5. The summed E-state index contributed by atoms with van der Waals surface area (Å²) in [6.45, 7) is 9.61. The number of aliphatic hydroxyl groups excluding tert-OH is 1. The van der Waals surface area contributed by atoms with E-state index in [0.29, 0.717) is 36.2 Å². The molecule has 1 saturated carbocycles. The fraction of sp³-hybridized carbons (Fsp3) is 0.565. The van der Waals surface area contributed by atoms with Crippen molar-refractivity contribution >= 4 is 12.1 Å². The number of rotatable bonds is 6. The average Bonchev–Trinajstić information content (AvgIpc) is 2.63. The number of phenols is 2. The van der Waals surface area contributed by atoms with Gasteiger partial charge >= 0.3 is 0 Å². The highest BCUT2D eigenvalue weighted by Gasteiger charge is 2.44. The minimum absolute atomic E-state index is 0.0776. The number of ketones is 1. The Morgan fingerprint density at radius 2 is 2.00 bits per heavy atom. The fourth-order valence-corrected chi connectivity index (χ4v) is 4.24. The second-order valence-corrected chi connectivity index (χ2v) is 8.58. The van der Waals surface area contributed by atoms with Crippen LogP contribution in [-0.4, -0.2) is 33.5 Å². The van der Waals surface area contributed by atoms with Gasteiger partial charge in [-0.2, -0.15) is 0 Å². The molecule has 3 N–H and O–H groups in total. The zero-order chi connectivity index (χ0) is 21.2. The molecule has 154 valence electrons. The van der Waals surface area contributed by atoms with Gasteiger partial charge in [-0.05, 0) is 61.6 Å². The Kier molecular flexibility index (Phi) is 6.71. The molecule has 28 heavy (non-hydrogen) atoms. The molecule has 4 atom stereocenters. The van der Waals surface area contributed by atoms with E-state index in [0.717, 1.165) is 6.42 Å². The molecule has 0 bridgehead atoms. The number of aromatic hydroxyl groups is 2. The third-order valence-electron chi connectivity index (χ3n) is 6.95. The first-order valence-corrected chi connectivity index (χ1v) is 9.89. The van der Waals surface area contributed by atoms with Crippen LogP contribution in [0.15, 0.2) is 17.7 Å². The van der Waals surface area contributed by atoms with Crippen LogP contribution in [0.1, 0.15) is 68.4 Å². The molecule has 0 unspecified atom stereocenters. The second kappa shape index (κ2) is 8.48. The summed E-state index contributed by atoms with van der Waals surface area (Å²) in [7, 11) is 0. The maximum absolute atomic E-state index is 12.2. The summed E-state index contributed by atoms with van der Waals surface area (Å²) in [4.78, 5) is 23.4. The highest BCUT2D eigenvalue weighted by atomic mass is 16.3. The summed E-state index contributed by atoms with van der Waals surface area (Å²) in [5, 5.41) is 31.2. The van der Waals surface area contributed by atoms with Crippen molar-refractivity contribution in [2.24, 2.45) is 17.3 Å². The molecule has 1 aromatic rings. The Morgan fingerprint density at radius 1 is 1.36 bits per heavy atom. The van der Waals surface area contributed by atoms with Crippen LogP contribution in [-0.2, 0) is 11.2 Å². The molecule has 0 saturated heterocycles. The van der Waals surface area contributed by atoms with Gasteiger partial charge in [-0.1, -0.05) is 26.8 Å². The van der Waals surface area contributed by atoms with Gasteiger partial charge in [0.25, 0.3) is 0 Å². The Morgan fingerprint density at radius 3 is 2.61 bits per heavy atom. The second-order valence-electron chi connectivity index (χ2n) is 8.58. The van der Waals surface area contributed by atoms with Gasteiger partial charge in [0.05, 0.1) is 11.7 Å². The van der Waals surface area contributed by atoms with Gasteiger partial charge in [0.2, 0.25) is 0 Å². The summed E-state index contributed by atoms with van der Waals surface area (Å²) < 4.78 is 0. The number of aldehydes is 1. The highest BCUT2D eigenvalue weighted by molar-refractivity contribution is 5.83. The lowest BCUT2D eigenvalue weighted by molar-refractivity contribution is -0.133. The Balaban J connectivity index is 2.20. The van der Waals surface area contributed by atoms with Crippen LogP contribution in [0.4, 0.5) is 0 Å². The molecule has 1 aliphatic rings. The first kappa shape index (κ1) is 22.2. The van der Waals surface area contributed by atoms with E-state index in [4.69, 9.17) is 0 Å². The van der Waals surface area contributed by atoms with Crippen LogP contribution in [0.2, 0.25) is 0 Å². The predicted octanol–water partition coefficient (Wildman–Crippen LogP) is 4.10. The third kappa shape index (κ3) is 4.14. The monoisotopic (exact) mass is 388 g/mol. The normalized spacial score (nSPS) is 26.9. The number of benzene rings is 1. The van der Waals surface area contributed by atoms with Gasteiger partial charge in [-0.15, -0.1) is 0 Å². The van der Waals surface area contributed by atoms with Gasteiger partial charge in [0.15, 0.2) is 6.29 Å². The van der Waals surface area contributed by atoms with Crippen LogP contribution >= 0.6 is 0 Å². The molecule has 0 aliphatic heterocycles. The number of hydrogen-bond acceptors (Lipinski definition) is 5. The van der Waals surface area contributed by atoms with E-state index in [1.54, 1.807) is 19.9 Å². The minimum atomic E-state index is -0.721. The molecule has 5 heteroatoms. The van der Waals surface area contributed by atoms with Crippen molar-refractivity contribution in [1.82, 2.24) is 0 Å².